The third-order valence-electron chi connectivity index (χ3n) is 2.83. The Morgan fingerprint density at radius 3 is 2.80 bits per heavy atom. The highest BCUT2D eigenvalue weighted by molar-refractivity contribution is 5.40. The lowest BCUT2D eigenvalue weighted by atomic mass is 9.88. The van der Waals surface area contributed by atoms with Gasteiger partial charge < -0.3 is 10.5 Å². The predicted molar refractivity (Wildman–Crippen MR) is 52.9 cm³/mol. The summed E-state index contributed by atoms with van der Waals surface area (Å²) in [5.74, 6) is -1.72. The van der Waals surface area contributed by atoms with Gasteiger partial charge in [-0.3, -0.25) is 0 Å². The first-order valence-corrected chi connectivity index (χ1v) is 4.92. The maximum absolute atomic E-state index is 13.6. The second kappa shape index (κ2) is 3.77. The van der Waals surface area contributed by atoms with Crippen LogP contribution in [0.15, 0.2) is 6.07 Å². The fourth-order valence-electron chi connectivity index (χ4n) is 2.01. The van der Waals surface area contributed by atoms with E-state index < -0.39 is 11.6 Å². The molecule has 0 bridgehead atoms. The number of hydrogen-bond donors (Lipinski definition) is 1. The largest absolute Gasteiger partial charge is 0.494 e. The smallest absolute Gasteiger partial charge is 0.200 e. The highest BCUT2D eigenvalue weighted by atomic mass is 19.2. The lowest BCUT2D eigenvalue weighted by Gasteiger charge is -2.22. The average molecular weight is 213 g/mol. The Morgan fingerprint density at radius 1 is 1.40 bits per heavy atom. The highest BCUT2D eigenvalue weighted by Crippen LogP contribution is 2.30. The first-order chi connectivity index (χ1) is 7.13. The lowest BCUT2D eigenvalue weighted by molar-refractivity contribution is 0.366. The molecule has 4 heteroatoms. The fraction of sp³-hybridized carbons (Fsp3) is 0.455. The average Bonchev–Trinajstić information content (AvgIpc) is 2.23. The van der Waals surface area contributed by atoms with Crippen molar-refractivity contribution >= 4 is 0 Å². The molecule has 2 rings (SSSR count). The van der Waals surface area contributed by atoms with Crippen molar-refractivity contribution < 1.29 is 13.5 Å². The van der Waals surface area contributed by atoms with Gasteiger partial charge in [0, 0.05) is 6.04 Å². The van der Waals surface area contributed by atoms with Crippen LogP contribution < -0.4 is 10.5 Å². The molecule has 2 nitrogen and oxygen atoms in total. The first kappa shape index (κ1) is 10.4. The molecule has 0 unspecified atom stereocenters. The van der Waals surface area contributed by atoms with Crippen LogP contribution in [0.4, 0.5) is 8.78 Å². The van der Waals surface area contributed by atoms with Crippen LogP contribution in [-0.2, 0) is 12.8 Å². The molecule has 0 amide bonds. The van der Waals surface area contributed by atoms with E-state index in [2.05, 4.69) is 0 Å². The van der Waals surface area contributed by atoms with Crippen LogP contribution in [0.25, 0.3) is 0 Å². The van der Waals surface area contributed by atoms with E-state index in [4.69, 9.17) is 10.5 Å². The molecule has 15 heavy (non-hydrogen) atoms. The molecular formula is C11H13F2NO. The molecule has 1 atom stereocenters. The van der Waals surface area contributed by atoms with Gasteiger partial charge >= 0.3 is 0 Å². The standard InChI is InChI=1S/C11H13F2NO/c1-15-9-5-6-4-7(14)2-3-8(6)10(12)11(9)13/h5,7H,2-4,14H2,1H3/t7-/m1/s1. The summed E-state index contributed by atoms with van der Waals surface area (Å²) >= 11 is 0. The summed E-state index contributed by atoms with van der Waals surface area (Å²) in [6, 6.07) is 1.58. The molecule has 1 aromatic carbocycles. The highest BCUT2D eigenvalue weighted by Gasteiger charge is 2.23. The third kappa shape index (κ3) is 1.69. The summed E-state index contributed by atoms with van der Waals surface area (Å²) in [5.41, 5.74) is 6.99. The number of ether oxygens (including phenoxy) is 1. The number of rotatable bonds is 1. The van der Waals surface area contributed by atoms with Crippen LogP contribution in [-0.4, -0.2) is 13.2 Å². The van der Waals surface area contributed by atoms with E-state index in [1.807, 2.05) is 0 Å². The molecule has 0 fully saturated rings. The molecule has 1 aliphatic rings. The van der Waals surface area contributed by atoms with Crippen molar-refractivity contribution in [1.29, 1.82) is 0 Å². The molecule has 0 heterocycles. The van der Waals surface area contributed by atoms with Gasteiger partial charge in [-0.25, -0.2) is 4.39 Å². The van der Waals surface area contributed by atoms with Gasteiger partial charge in [0.05, 0.1) is 7.11 Å². The maximum atomic E-state index is 13.6. The zero-order valence-electron chi connectivity index (χ0n) is 8.52. The summed E-state index contributed by atoms with van der Waals surface area (Å²) in [6.45, 7) is 0. The van der Waals surface area contributed by atoms with E-state index in [0.717, 1.165) is 5.56 Å². The molecule has 82 valence electrons. The minimum atomic E-state index is -0.897. The Kier molecular flexibility index (Phi) is 2.61. The van der Waals surface area contributed by atoms with Crippen molar-refractivity contribution in [3.05, 3.63) is 28.8 Å². The zero-order valence-corrected chi connectivity index (χ0v) is 8.52. The first-order valence-electron chi connectivity index (χ1n) is 4.92. The fourth-order valence-corrected chi connectivity index (χ4v) is 2.01. The summed E-state index contributed by atoms with van der Waals surface area (Å²) in [5, 5.41) is 0. The minimum Gasteiger partial charge on any atom is -0.494 e. The van der Waals surface area contributed by atoms with E-state index >= 15 is 0 Å². The maximum Gasteiger partial charge on any atom is 0.200 e. The van der Waals surface area contributed by atoms with Crippen LogP contribution in [0, 0.1) is 11.6 Å². The van der Waals surface area contributed by atoms with Crippen LogP contribution >= 0.6 is 0 Å². The van der Waals surface area contributed by atoms with Crippen molar-refractivity contribution in [2.45, 2.75) is 25.3 Å². The van der Waals surface area contributed by atoms with E-state index in [1.54, 1.807) is 6.07 Å². The Hall–Kier alpha value is -1.16. The molecule has 0 saturated heterocycles. The van der Waals surface area contributed by atoms with E-state index in [1.165, 1.54) is 7.11 Å². The zero-order chi connectivity index (χ0) is 11.0. The number of fused-ring (bicyclic) bond motifs is 1. The number of hydrogen-bond acceptors (Lipinski definition) is 2. The Balaban J connectivity index is 2.52. The van der Waals surface area contributed by atoms with Crippen LogP contribution in [0.3, 0.4) is 0 Å². The molecule has 0 saturated carbocycles. The topological polar surface area (TPSA) is 35.2 Å². The molecule has 0 aliphatic heterocycles. The van der Waals surface area contributed by atoms with E-state index in [-0.39, 0.29) is 11.8 Å². The van der Waals surface area contributed by atoms with Crippen molar-refractivity contribution in [2.24, 2.45) is 5.73 Å². The summed E-state index contributed by atoms with van der Waals surface area (Å²) in [4.78, 5) is 0. The normalized spacial score (nSPS) is 19.9. The molecule has 1 aromatic rings. The quantitative estimate of drug-likeness (QED) is 0.771. The van der Waals surface area contributed by atoms with Crippen LogP contribution in [0.2, 0.25) is 0 Å². The summed E-state index contributed by atoms with van der Waals surface area (Å²) < 4.78 is 31.7. The van der Waals surface area contributed by atoms with Crippen molar-refractivity contribution in [3.8, 4) is 5.75 Å². The SMILES string of the molecule is COc1cc2c(c(F)c1F)CC[C@@H](N)C2. The molecule has 0 aromatic heterocycles. The van der Waals surface area contributed by atoms with Crippen molar-refractivity contribution in [3.63, 3.8) is 0 Å². The number of halogens is 2. The van der Waals surface area contributed by atoms with Gasteiger partial charge in [0.25, 0.3) is 0 Å². The van der Waals surface area contributed by atoms with Crippen molar-refractivity contribution in [1.82, 2.24) is 0 Å². The third-order valence-corrected chi connectivity index (χ3v) is 2.83. The van der Waals surface area contributed by atoms with Crippen molar-refractivity contribution in [2.75, 3.05) is 7.11 Å². The molecule has 0 spiro atoms. The monoisotopic (exact) mass is 213 g/mol. The molecule has 1 aliphatic carbocycles. The van der Waals surface area contributed by atoms with Gasteiger partial charge in [0.1, 0.15) is 0 Å². The number of methoxy groups -OCH3 is 1. The minimum absolute atomic E-state index is 0.0343. The Labute approximate surface area is 87.0 Å². The van der Waals surface area contributed by atoms with Gasteiger partial charge in [-0.1, -0.05) is 0 Å². The second-order valence-electron chi connectivity index (χ2n) is 3.85. The van der Waals surface area contributed by atoms with Gasteiger partial charge in [0.15, 0.2) is 11.6 Å². The summed E-state index contributed by atoms with van der Waals surface area (Å²) in [7, 11) is 1.33. The van der Waals surface area contributed by atoms with E-state index in [9.17, 15) is 8.78 Å². The van der Waals surface area contributed by atoms with Gasteiger partial charge in [-0.05, 0) is 36.5 Å². The van der Waals surface area contributed by atoms with Gasteiger partial charge in [0.2, 0.25) is 5.82 Å². The van der Waals surface area contributed by atoms with Crippen LogP contribution in [0.1, 0.15) is 17.5 Å². The van der Waals surface area contributed by atoms with Crippen LogP contribution in [0.5, 0.6) is 5.75 Å². The molecule has 0 radical (unpaired) electrons. The Morgan fingerprint density at radius 2 is 2.13 bits per heavy atom. The number of benzene rings is 1. The lowest BCUT2D eigenvalue weighted by Crippen LogP contribution is -2.28. The van der Waals surface area contributed by atoms with Gasteiger partial charge in [-0.2, -0.15) is 4.39 Å². The molecule has 2 N–H and O–H groups in total. The van der Waals surface area contributed by atoms with E-state index in [0.29, 0.717) is 24.8 Å². The Bertz CT molecular complexity index is 393. The van der Waals surface area contributed by atoms with Gasteiger partial charge in [-0.15, -0.1) is 0 Å². The number of nitrogens with two attached hydrogens (primary N) is 1. The molecular weight excluding hydrogens is 200 g/mol. The predicted octanol–water partition coefficient (Wildman–Crippen LogP) is 1.79. The second-order valence-corrected chi connectivity index (χ2v) is 3.85. The summed E-state index contributed by atoms with van der Waals surface area (Å²) in [6.07, 6.45) is 1.79.